The topological polar surface area (TPSA) is 46.9 Å². The molecule has 0 aliphatic carbocycles. The molecule has 0 saturated carbocycles. The first-order valence-electron chi connectivity index (χ1n) is 7.40. The van der Waals surface area contributed by atoms with Crippen molar-refractivity contribution in [1.29, 1.82) is 0 Å². The summed E-state index contributed by atoms with van der Waals surface area (Å²) >= 11 is 0. The van der Waals surface area contributed by atoms with Crippen LogP contribution in [0.15, 0.2) is 48.7 Å². The molecule has 0 saturated heterocycles. The van der Waals surface area contributed by atoms with Crippen LogP contribution in [0.5, 0.6) is 0 Å². The number of hydrogen-bond donors (Lipinski definition) is 1. The second-order valence-electron chi connectivity index (χ2n) is 5.59. The van der Waals surface area contributed by atoms with E-state index in [1.807, 2.05) is 42.1 Å². The summed E-state index contributed by atoms with van der Waals surface area (Å²) in [6.07, 6.45) is 2.25. The Morgan fingerprint density at radius 3 is 2.59 bits per heavy atom. The van der Waals surface area contributed by atoms with Crippen LogP contribution in [0.4, 0.5) is 5.69 Å². The highest BCUT2D eigenvalue weighted by Gasteiger charge is 2.06. The minimum Gasteiger partial charge on any atom is -0.326 e. The Bertz CT molecular complexity index is 803. The highest BCUT2D eigenvalue weighted by atomic mass is 16.1. The zero-order chi connectivity index (χ0) is 15.5. The average Bonchev–Trinajstić information content (AvgIpc) is 2.89. The fourth-order valence-electron chi connectivity index (χ4n) is 2.45. The molecule has 0 spiro atoms. The minimum atomic E-state index is -0.000357. The fourth-order valence-corrected chi connectivity index (χ4v) is 2.45. The molecule has 0 unspecified atom stereocenters. The van der Waals surface area contributed by atoms with Gasteiger partial charge in [-0.25, -0.2) is 0 Å². The molecule has 3 aromatic rings. The smallest absolute Gasteiger partial charge is 0.226 e. The summed E-state index contributed by atoms with van der Waals surface area (Å²) in [5.41, 5.74) is 4.28. The molecule has 1 aromatic heterocycles. The van der Waals surface area contributed by atoms with Crippen LogP contribution in [-0.4, -0.2) is 15.7 Å². The van der Waals surface area contributed by atoms with Gasteiger partial charge < -0.3 is 5.32 Å². The van der Waals surface area contributed by atoms with Crippen molar-refractivity contribution in [2.75, 3.05) is 5.32 Å². The van der Waals surface area contributed by atoms with Crippen molar-refractivity contribution in [3.05, 3.63) is 59.8 Å². The van der Waals surface area contributed by atoms with Crippen LogP contribution in [0, 0.1) is 13.8 Å². The van der Waals surface area contributed by atoms with Gasteiger partial charge in [-0.15, -0.1) is 0 Å². The maximum atomic E-state index is 12.0. The van der Waals surface area contributed by atoms with Crippen LogP contribution in [0.25, 0.3) is 10.9 Å². The highest BCUT2D eigenvalue weighted by Crippen LogP contribution is 2.16. The number of rotatable bonds is 4. The number of nitrogens with zero attached hydrogens (tertiary/aromatic N) is 2. The largest absolute Gasteiger partial charge is 0.326 e. The first-order valence-corrected chi connectivity index (χ1v) is 7.40. The molecule has 4 nitrogen and oxygen atoms in total. The molecule has 0 aliphatic rings. The van der Waals surface area contributed by atoms with Crippen LogP contribution < -0.4 is 5.32 Å². The quantitative estimate of drug-likeness (QED) is 0.797. The lowest BCUT2D eigenvalue weighted by Crippen LogP contribution is -2.14. The van der Waals surface area contributed by atoms with Gasteiger partial charge in [0, 0.05) is 17.5 Å². The van der Waals surface area contributed by atoms with E-state index in [9.17, 15) is 4.79 Å². The van der Waals surface area contributed by atoms with Crippen LogP contribution in [0.3, 0.4) is 0 Å². The summed E-state index contributed by atoms with van der Waals surface area (Å²) < 4.78 is 1.88. The first kappa shape index (κ1) is 14.3. The van der Waals surface area contributed by atoms with Crippen LogP contribution in [0.2, 0.25) is 0 Å². The second kappa shape index (κ2) is 6.02. The average molecular weight is 293 g/mol. The summed E-state index contributed by atoms with van der Waals surface area (Å²) in [7, 11) is 0. The second-order valence-corrected chi connectivity index (χ2v) is 5.59. The Labute approximate surface area is 129 Å². The number of carbonyl (C=O) groups is 1. The van der Waals surface area contributed by atoms with Crippen molar-refractivity contribution >= 4 is 22.5 Å². The third-order valence-electron chi connectivity index (χ3n) is 3.68. The summed E-state index contributed by atoms with van der Waals surface area (Å²) in [4.78, 5) is 12.0. The van der Waals surface area contributed by atoms with E-state index in [1.54, 1.807) is 0 Å². The maximum absolute atomic E-state index is 12.0. The van der Waals surface area contributed by atoms with Crippen LogP contribution in [0.1, 0.15) is 17.5 Å². The lowest BCUT2D eigenvalue weighted by atomic mass is 10.2. The van der Waals surface area contributed by atoms with E-state index in [-0.39, 0.29) is 5.91 Å². The molecule has 1 N–H and O–H groups in total. The van der Waals surface area contributed by atoms with Gasteiger partial charge >= 0.3 is 0 Å². The SMILES string of the molecule is Cc1ccc(NC(=O)CCn2ncc3cc(C)ccc32)cc1. The summed E-state index contributed by atoms with van der Waals surface area (Å²) in [5.74, 6) is -0.000357. The zero-order valence-corrected chi connectivity index (χ0v) is 12.8. The van der Waals surface area contributed by atoms with Crippen molar-refractivity contribution in [1.82, 2.24) is 9.78 Å². The van der Waals surface area contributed by atoms with E-state index in [1.165, 1.54) is 11.1 Å². The summed E-state index contributed by atoms with van der Waals surface area (Å²) in [5, 5.41) is 8.38. The monoisotopic (exact) mass is 293 g/mol. The molecule has 0 aliphatic heterocycles. The molecule has 3 rings (SSSR count). The number of aryl methyl sites for hydroxylation is 3. The molecular weight excluding hydrogens is 274 g/mol. The number of carbonyl (C=O) groups excluding carboxylic acids is 1. The van der Waals surface area contributed by atoms with Crippen LogP contribution in [-0.2, 0) is 11.3 Å². The van der Waals surface area contributed by atoms with Crippen molar-refractivity contribution in [3.63, 3.8) is 0 Å². The van der Waals surface area contributed by atoms with Gasteiger partial charge in [0.1, 0.15) is 0 Å². The molecule has 0 atom stereocenters. The Balaban J connectivity index is 1.63. The zero-order valence-electron chi connectivity index (χ0n) is 12.8. The molecular formula is C18H19N3O. The Kier molecular flexibility index (Phi) is 3.92. The van der Waals surface area contributed by atoms with Gasteiger partial charge in [0.05, 0.1) is 18.3 Å². The van der Waals surface area contributed by atoms with Crippen molar-refractivity contribution in [2.24, 2.45) is 0 Å². The number of fused-ring (bicyclic) bond motifs is 1. The van der Waals surface area contributed by atoms with Crippen molar-refractivity contribution in [2.45, 2.75) is 26.8 Å². The van der Waals surface area contributed by atoms with E-state index in [0.29, 0.717) is 13.0 Å². The van der Waals surface area contributed by atoms with Gasteiger partial charge in [0.2, 0.25) is 5.91 Å². The van der Waals surface area contributed by atoms with E-state index >= 15 is 0 Å². The van der Waals surface area contributed by atoms with Crippen LogP contribution >= 0.6 is 0 Å². The van der Waals surface area contributed by atoms with E-state index in [4.69, 9.17) is 0 Å². The Morgan fingerprint density at radius 2 is 1.82 bits per heavy atom. The van der Waals surface area contributed by atoms with E-state index in [0.717, 1.165) is 16.6 Å². The maximum Gasteiger partial charge on any atom is 0.226 e. The number of nitrogens with one attached hydrogen (secondary N) is 1. The Hall–Kier alpha value is -2.62. The van der Waals surface area contributed by atoms with Gasteiger partial charge in [0.15, 0.2) is 0 Å². The lowest BCUT2D eigenvalue weighted by molar-refractivity contribution is -0.116. The number of hydrogen-bond acceptors (Lipinski definition) is 2. The predicted molar refractivity (Wildman–Crippen MR) is 88.9 cm³/mol. The Morgan fingerprint density at radius 1 is 1.09 bits per heavy atom. The van der Waals surface area contributed by atoms with Gasteiger partial charge in [-0.05, 0) is 38.1 Å². The molecule has 1 amide bonds. The van der Waals surface area contributed by atoms with E-state index < -0.39 is 0 Å². The third-order valence-corrected chi connectivity index (χ3v) is 3.68. The van der Waals surface area contributed by atoms with Crippen molar-refractivity contribution in [3.8, 4) is 0 Å². The number of anilines is 1. The molecule has 0 radical (unpaired) electrons. The molecule has 0 bridgehead atoms. The van der Waals surface area contributed by atoms with Gasteiger partial charge in [-0.2, -0.15) is 5.10 Å². The molecule has 2 aromatic carbocycles. The van der Waals surface area contributed by atoms with Crippen molar-refractivity contribution < 1.29 is 4.79 Å². The molecule has 0 fully saturated rings. The highest BCUT2D eigenvalue weighted by molar-refractivity contribution is 5.90. The molecule has 4 heteroatoms. The minimum absolute atomic E-state index is 0.000357. The molecule has 22 heavy (non-hydrogen) atoms. The number of aromatic nitrogens is 2. The number of benzene rings is 2. The first-order chi connectivity index (χ1) is 10.6. The molecule has 1 heterocycles. The standard InChI is InChI=1S/C18H19N3O/c1-13-3-6-16(7-4-13)20-18(22)9-10-21-17-8-5-14(2)11-15(17)12-19-21/h3-8,11-12H,9-10H2,1-2H3,(H,20,22). The predicted octanol–water partition coefficient (Wildman–Crippen LogP) is 3.68. The summed E-state index contributed by atoms with van der Waals surface area (Å²) in [6, 6.07) is 14.0. The van der Waals surface area contributed by atoms with Gasteiger partial charge in [-0.3, -0.25) is 9.48 Å². The lowest BCUT2D eigenvalue weighted by Gasteiger charge is -2.06. The number of amides is 1. The normalized spacial score (nSPS) is 10.8. The van der Waals surface area contributed by atoms with Gasteiger partial charge in [-0.1, -0.05) is 29.3 Å². The fraction of sp³-hybridized carbons (Fsp3) is 0.222. The van der Waals surface area contributed by atoms with E-state index in [2.05, 4.69) is 35.5 Å². The third kappa shape index (κ3) is 3.17. The summed E-state index contributed by atoms with van der Waals surface area (Å²) in [6.45, 7) is 4.66. The van der Waals surface area contributed by atoms with Gasteiger partial charge in [0.25, 0.3) is 0 Å². The molecule has 112 valence electrons.